The van der Waals surface area contributed by atoms with Gasteiger partial charge in [-0.15, -0.1) is 0 Å². The number of nitrogens with two attached hydrogens (primary N) is 1. The molecule has 14 heteroatoms. The summed E-state index contributed by atoms with van der Waals surface area (Å²) in [6, 6.07) is -0.806. The van der Waals surface area contributed by atoms with Crippen LogP contribution in [0.1, 0.15) is 27.7 Å². The third kappa shape index (κ3) is 9.94. The summed E-state index contributed by atoms with van der Waals surface area (Å²) in [6.45, 7) is 4.06. The van der Waals surface area contributed by atoms with Crippen molar-refractivity contribution < 1.29 is 52.4 Å². The van der Waals surface area contributed by atoms with Gasteiger partial charge in [-0.3, -0.25) is 24.0 Å². The van der Waals surface area contributed by atoms with Gasteiger partial charge in [0.1, 0.15) is 12.7 Å². The molecule has 3 unspecified atom stereocenters. The van der Waals surface area contributed by atoms with Crippen molar-refractivity contribution in [2.45, 2.75) is 64.4 Å². The second kappa shape index (κ2) is 14.0. The molecule has 3 N–H and O–H groups in total. The Labute approximate surface area is 196 Å². The molecule has 13 nitrogen and oxygen atoms in total. The van der Waals surface area contributed by atoms with Gasteiger partial charge in [0.2, 0.25) is 5.91 Å². The zero-order valence-electron chi connectivity index (χ0n) is 18.8. The molecule has 188 valence electrons. The van der Waals surface area contributed by atoms with Gasteiger partial charge >= 0.3 is 23.9 Å². The molecule has 1 amide bonds. The van der Waals surface area contributed by atoms with Crippen LogP contribution in [0.5, 0.6) is 0 Å². The molecule has 33 heavy (non-hydrogen) atoms. The summed E-state index contributed by atoms with van der Waals surface area (Å²) in [5.74, 6) is -3.18. The third-order valence-electron chi connectivity index (χ3n) is 4.17. The summed E-state index contributed by atoms with van der Waals surface area (Å²) < 4.78 is 32.1. The van der Waals surface area contributed by atoms with E-state index in [1.165, 1.54) is 6.92 Å². The van der Waals surface area contributed by atoms with Gasteiger partial charge in [0.25, 0.3) is 0 Å². The van der Waals surface area contributed by atoms with Gasteiger partial charge in [-0.25, -0.2) is 0 Å². The number of hydrogen-bond donors (Lipinski definition) is 3. The highest BCUT2D eigenvalue weighted by molar-refractivity contribution is 7.80. The van der Waals surface area contributed by atoms with Crippen molar-refractivity contribution in [2.75, 3.05) is 25.5 Å². The van der Waals surface area contributed by atoms with E-state index in [1.807, 2.05) is 0 Å². The van der Waals surface area contributed by atoms with Crippen molar-refractivity contribution in [3.05, 3.63) is 0 Å². The fourth-order valence-electron chi connectivity index (χ4n) is 2.89. The maximum atomic E-state index is 11.8. The molecule has 1 aliphatic heterocycles. The lowest BCUT2D eigenvalue weighted by Crippen LogP contribution is -2.63. The maximum Gasteiger partial charge on any atom is 0.303 e. The van der Waals surface area contributed by atoms with Gasteiger partial charge in [0.05, 0.1) is 12.6 Å². The Morgan fingerprint density at radius 2 is 1.45 bits per heavy atom. The van der Waals surface area contributed by atoms with E-state index < -0.39 is 66.5 Å². The van der Waals surface area contributed by atoms with Crippen LogP contribution in [-0.2, 0) is 52.4 Å². The predicted octanol–water partition coefficient (Wildman–Crippen LogP) is -1.54. The summed E-state index contributed by atoms with van der Waals surface area (Å²) in [6.07, 6.45) is -6.38. The van der Waals surface area contributed by atoms with Crippen LogP contribution in [0.4, 0.5) is 0 Å². The highest BCUT2D eigenvalue weighted by Gasteiger charge is 2.52. The van der Waals surface area contributed by atoms with Gasteiger partial charge in [-0.05, 0) is 0 Å². The minimum absolute atomic E-state index is 0.0210. The van der Waals surface area contributed by atoms with Crippen molar-refractivity contribution in [1.82, 2.24) is 5.32 Å². The van der Waals surface area contributed by atoms with Gasteiger partial charge in [-0.1, -0.05) is 0 Å². The number of esters is 4. The zero-order chi connectivity index (χ0) is 25.1. The molecular weight excluding hydrogens is 464 g/mol. The molecule has 0 bridgehead atoms. The van der Waals surface area contributed by atoms with Crippen molar-refractivity contribution in [2.24, 2.45) is 5.73 Å². The van der Waals surface area contributed by atoms with Crippen LogP contribution >= 0.6 is 12.6 Å². The van der Waals surface area contributed by atoms with Crippen molar-refractivity contribution in [3.8, 4) is 0 Å². The molecule has 0 saturated carbocycles. The molecule has 1 aliphatic rings. The number of hydrogen-bond acceptors (Lipinski definition) is 13. The summed E-state index contributed by atoms with van der Waals surface area (Å²) in [5.41, 5.74) is 5.57. The Kier molecular flexibility index (Phi) is 12.1. The number of rotatable bonds is 11. The van der Waals surface area contributed by atoms with Crippen LogP contribution in [0, 0.1) is 0 Å². The number of amides is 1. The van der Waals surface area contributed by atoms with E-state index >= 15 is 0 Å². The van der Waals surface area contributed by atoms with E-state index in [4.69, 9.17) is 34.2 Å². The Bertz CT molecular complexity index is 720. The average Bonchev–Trinajstić information content (AvgIpc) is 2.71. The molecule has 1 heterocycles. The fourth-order valence-corrected chi connectivity index (χ4v) is 3.05. The quantitative estimate of drug-likeness (QED) is 0.131. The Hall–Kier alpha value is -2.42. The van der Waals surface area contributed by atoms with Crippen LogP contribution < -0.4 is 11.1 Å². The van der Waals surface area contributed by atoms with Crippen LogP contribution in [0.2, 0.25) is 0 Å². The Morgan fingerprint density at radius 3 is 1.97 bits per heavy atom. The number of ether oxygens (including phenoxy) is 6. The lowest BCUT2D eigenvalue weighted by atomic mass is 9.98. The standard InChI is InChI=1S/C19H30N2O11S/c1-9(22)28-7-14-15(29-10(2)23)16(30-11(3)24)17(31-12(4)25)19(32-14)27-6-5-21-18(26)13(20)8-33/h13-17,19,33H,5-8,20H2,1-4H3,(H,21,26)/t13-,14?,15+,16?,17?,19-/m0/s1. The second-order valence-corrected chi connectivity index (χ2v) is 7.38. The topological polar surface area (TPSA) is 179 Å². The van der Waals surface area contributed by atoms with E-state index in [1.54, 1.807) is 0 Å². The molecule has 6 atom stereocenters. The minimum atomic E-state index is -1.33. The molecule has 0 aliphatic carbocycles. The Morgan fingerprint density at radius 1 is 0.909 bits per heavy atom. The average molecular weight is 495 g/mol. The number of nitrogens with one attached hydrogen (secondary N) is 1. The maximum absolute atomic E-state index is 11.8. The van der Waals surface area contributed by atoms with Crippen LogP contribution in [-0.4, -0.2) is 92.0 Å². The molecule has 0 aromatic rings. The van der Waals surface area contributed by atoms with E-state index in [9.17, 15) is 24.0 Å². The molecule has 1 fully saturated rings. The monoisotopic (exact) mass is 494 g/mol. The number of thiol groups is 1. The first-order chi connectivity index (χ1) is 15.5. The number of carbonyl (C=O) groups is 5. The molecule has 1 saturated heterocycles. The van der Waals surface area contributed by atoms with Gasteiger partial charge in [-0.2, -0.15) is 12.6 Å². The lowest BCUT2D eigenvalue weighted by molar-refractivity contribution is -0.307. The predicted molar refractivity (Wildman–Crippen MR) is 113 cm³/mol. The fraction of sp³-hybridized carbons (Fsp3) is 0.737. The molecule has 0 aromatic carbocycles. The first kappa shape index (κ1) is 28.6. The first-order valence-corrected chi connectivity index (χ1v) is 10.7. The molecule has 1 rings (SSSR count). The smallest absolute Gasteiger partial charge is 0.303 e. The van der Waals surface area contributed by atoms with E-state index in [0.717, 1.165) is 20.8 Å². The second-order valence-electron chi connectivity index (χ2n) is 7.02. The number of carbonyl (C=O) groups excluding carboxylic acids is 5. The van der Waals surface area contributed by atoms with Crippen LogP contribution in [0.3, 0.4) is 0 Å². The zero-order valence-corrected chi connectivity index (χ0v) is 19.7. The van der Waals surface area contributed by atoms with E-state index in [-0.39, 0.29) is 25.5 Å². The molecule has 0 spiro atoms. The van der Waals surface area contributed by atoms with Crippen LogP contribution in [0.25, 0.3) is 0 Å². The SMILES string of the molecule is CC(=O)OCC1O[C@H](OCCNC(=O)[C@@H](N)CS)C(OC(C)=O)C(OC(C)=O)[C@@H]1OC(C)=O. The molecule has 0 radical (unpaired) electrons. The van der Waals surface area contributed by atoms with E-state index in [0.29, 0.717) is 0 Å². The van der Waals surface area contributed by atoms with E-state index in [2.05, 4.69) is 17.9 Å². The minimum Gasteiger partial charge on any atom is -0.463 e. The summed E-state index contributed by atoms with van der Waals surface area (Å²) in [4.78, 5) is 58.2. The lowest BCUT2D eigenvalue weighted by Gasteiger charge is -2.44. The summed E-state index contributed by atoms with van der Waals surface area (Å²) in [7, 11) is 0. The van der Waals surface area contributed by atoms with Crippen LogP contribution in [0.15, 0.2) is 0 Å². The van der Waals surface area contributed by atoms with Crippen molar-refractivity contribution in [1.29, 1.82) is 0 Å². The van der Waals surface area contributed by atoms with Crippen molar-refractivity contribution >= 4 is 42.4 Å². The van der Waals surface area contributed by atoms with Gasteiger partial charge in [0, 0.05) is 40.0 Å². The third-order valence-corrected chi connectivity index (χ3v) is 4.56. The Balaban J connectivity index is 3.10. The van der Waals surface area contributed by atoms with Gasteiger partial charge in [0.15, 0.2) is 24.6 Å². The highest BCUT2D eigenvalue weighted by Crippen LogP contribution is 2.29. The molecule has 0 aromatic heterocycles. The summed E-state index contributed by atoms with van der Waals surface area (Å²) >= 11 is 3.94. The van der Waals surface area contributed by atoms with Crippen molar-refractivity contribution in [3.63, 3.8) is 0 Å². The highest BCUT2D eigenvalue weighted by atomic mass is 32.1. The van der Waals surface area contributed by atoms with Gasteiger partial charge < -0.3 is 39.5 Å². The summed E-state index contributed by atoms with van der Waals surface area (Å²) in [5, 5.41) is 2.53. The molecular formula is C19H30N2O11S. The first-order valence-electron chi connectivity index (χ1n) is 10.0. The normalized spacial score (nSPS) is 25.3. The largest absolute Gasteiger partial charge is 0.463 e.